The van der Waals surface area contributed by atoms with Crippen LogP contribution in [0.25, 0.3) is 0 Å². The van der Waals surface area contributed by atoms with Gasteiger partial charge in [-0.15, -0.1) is 0 Å². The van der Waals surface area contributed by atoms with Crippen molar-refractivity contribution in [2.45, 2.75) is 0 Å². The van der Waals surface area contributed by atoms with Gasteiger partial charge in [-0.25, -0.2) is 4.39 Å². The Morgan fingerprint density at radius 1 is 1.50 bits per heavy atom. The fraction of sp³-hybridized carbons (Fsp3) is 0.143. The molecular weight excluding hydrogens is 135 g/mol. The van der Waals surface area contributed by atoms with Gasteiger partial charge in [0, 0.05) is 6.07 Å². The number of ether oxygens (including phenoxy) is 2. The highest BCUT2D eigenvalue weighted by Crippen LogP contribution is 2.33. The Kier molecular flexibility index (Phi) is 1.03. The quantitative estimate of drug-likeness (QED) is 0.540. The van der Waals surface area contributed by atoms with Gasteiger partial charge in [0.15, 0.2) is 11.6 Å². The molecule has 51 valence electrons. The highest BCUT2D eigenvalue weighted by atomic mass is 19.1. The van der Waals surface area contributed by atoms with Gasteiger partial charge in [0.2, 0.25) is 12.5 Å². The second-order valence-corrected chi connectivity index (χ2v) is 1.89. The summed E-state index contributed by atoms with van der Waals surface area (Å²) in [5, 5.41) is 0. The molecule has 0 amide bonds. The number of hydrogen-bond donors (Lipinski definition) is 0. The Labute approximate surface area is 57.2 Å². The molecule has 3 heteroatoms. The zero-order valence-electron chi connectivity index (χ0n) is 5.06. The Morgan fingerprint density at radius 2 is 2.40 bits per heavy atom. The molecule has 0 saturated heterocycles. The first kappa shape index (κ1) is 5.53. The highest BCUT2D eigenvalue weighted by molar-refractivity contribution is 5.41. The predicted molar refractivity (Wildman–Crippen MR) is 31.4 cm³/mol. The van der Waals surface area contributed by atoms with Crippen LogP contribution in [0.5, 0.6) is 11.5 Å². The average molecular weight is 139 g/mol. The van der Waals surface area contributed by atoms with E-state index in [1.165, 1.54) is 6.07 Å². The van der Waals surface area contributed by atoms with Crippen LogP contribution in [0.15, 0.2) is 12.1 Å². The summed E-state index contributed by atoms with van der Waals surface area (Å²) < 4.78 is 22.3. The fourth-order valence-corrected chi connectivity index (χ4v) is 0.840. The summed E-state index contributed by atoms with van der Waals surface area (Å²) in [6.45, 7) is 0.101. The second-order valence-electron chi connectivity index (χ2n) is 1.89. The van der Waals surface area contributed by atoms with Crippen molar-refractivity contribution in [2.24, 2.45) is 0 Å². The van der Waals surface area contributed by atoms with E-state index in [0.717, 1.165) is 0 Å². The summed E-state index contributed by atoms with van der Waals surface area (Å²) in [5.41, 5.74) is 0. The molecule has 0 saturated carbocycles. The topological polar surface area (TPSA) is 18.5 Å². The summed E-state index contributed by atoms with van der Waals surface area (Å²) >= 11 is 0. The van der Waals surface area contributed by atoms with Gasteiger partial charge in [0.1, 0.15) is 0 Å². The van der Waals surface area contributed by atoms with Crippen molar-refractivity contribution in [1.82, 2.24) is 0 Å². The van der Waals surface area contributed by atoms with Gasteiger partial charge in [0.25, 0.3) is 0 Å². The van der Waals surface area contributed by atoms with Gasteiger partial charge < -0.3 is 9.47 Å². The van der Waals surface area contributed by atoms with E-state index >= 15 is 0 Å². The minimum Gasteiger partial charge on any atom is -0.453 e. The van der Waals surface area contributed by atoms with Crippen LogP contribution in [0.3, 0.4) is 0 Å². The molecule has 0 aromatic heterocycles. The van der Waals surface area contributed by atoms with Gasteiger partial charge in [-0.3, -0.25) is 0 Å². The molecule has 2 nitrogen and oxygen atoms in total. The zero-order chi connectivity index (χ0) is 6.97. The maximum Gasteiger partial charge on any atom is 0.231 e. The number of rotatable bonds is 0. The summed E-state index contributed by atoms with van der Waals surface area (Å²) in [6, 6.07) is 5.44. The summed E-state index contributed by atoms with van der Waals surface area (Å²) in [4.78, 5) is 0. The Hall–Kier alpha value is -1.25. The van der Waals surface area contributed by atoms with E-state index in [4.69, 9.17) is 9.47 Å². The first-order valence-corrected chi connectivity index (χ1v) is 2.84. The van der Waals surface area contributed by atoms with E-state index in [1.807, 2.05) is 0 Å². The maximum absolute atomic E-state index is 12.6. The van der Waals surface area contributed by atoms with Crippen molar-refractivity contribution in [3.05, 3.63) is 24.0 Å². The van der Waals surface area contributed by atoms with Crippen LogP contribution in [0.2, 0.25) is 0 Å². The third-order valence-corrected chi connectivity index (χ3v) is 1.29. The van der Waals surface area contributed by atoms with Crippen LogP contribution in [0.1, 0.15) is 0 Å². The lowest BCUT2D eigenvalue weighted by Gasteiger charge is -1.93. The molecule has 1 radical (unpaired) electrons. The van der Waals surface area contributed by atoms with E-state index in [9.17, 15) is 4.39 Å². The Balaban J connectivity index is 2.59. The third-order valence-electron chi connectivity index (χ3n) is 1.29. The highest BCUT2D eigenvalue weighted by Gasteiger charge is 2.16. The predicted octanol–water partition coefficient (Wildman–Crippen LogP) is 1.35. The molecule has 0 aliphatic carbocycles. The molecule has 1 heterocycles. The number of fused-ring (bicyclic) bond motifs is 1. The second kappa shape index (κ2) is 1.87. The van der Waals surface area contributed by atoms with Gasteiger partial charge >= 0.3 is 0 Å². The van der Waals surface area contributed by atoms with Crippen molar-refractivity contribution in [3.63, 3.8) is 0 Å². The van der Waals surface area contributed by atoms with Crippen molar-refractivity contribution >= 4 is 0 Å². The third kappa shape index (κ3) is 0.635. The number of halogens is 1. The van der Waals surface area contributed by atoms with Crippen LogP contribution in [0, 0.1) is 11.9 Å². The van der Waals surface area contributed by atoms with Crippen LogP contribution in [0.4, 0.5) is 4.39 Å². The lowest BCUT2D eigenvalue weighted by atomic mass is 10.3. The van der Waals surface area contributed by atoms with Crippen LogP contribution >= 0.6 is 0 Å². The smallest absolute Gasteiger partial charge is 0.231 e. The molecule has 0 N–H and O–H groups in total. The Morgan fingerprint density at radius 3 is 3.20 bits per heavy atom. The molecular formula is C7H4FO2. The van der Waals surface area contributed by atoms with E-state index < -0.39 is 5.82 Å². The minimum absolute atomic E-state index is 0.101. The molecule has 0 fully saturated rings. The van der Waals surface area contributed by atoms with Crippen molar-refractivity contribution < 1.29 is 13.9 Å². The normalized spacial score (nSPS) is 13.7. The maximum atomic E-state index is 12.6. The van der Waals surface area contributed by atoms with E-state index in [0.29, 0.717) is 5.75 Å². The fourth-order valence-electron chi connectivity index (χ4n) is 0.840. The van der Waals surface area contributed by atoms with Crippen LogP contribution in [-0.2, 0) is 0 Å². The van der Waals surface area contributed by atoms with Gasteiger partial charge in [-0.2, -0.15) is 0 Å². The van der Waals surface area contributed by atoms with Crippen molar-refractivity contribution in [3.8, 4) is 11.5 Å². The first-order chi connectivity index (χ1) is 4.88. The summed E-state index contributed by atoms with van der Waals surface area (Å²) in [6.07, 6.45) is 0. The average Bonchev–Trinajstić information content (AvgIpc) is 2.36. The summed E-state index contributed by atoms with van der Waals surface area (Å²) in [7, 11) is 0. The van der Waals surface area contributed by atoms with Crippen LogP contribution < -0.4 is 9.47 Å². The Bertz CT molecular complexity index is 260. The molecule has 0 spiro atoms. The molecule has 1 aliphatic rings. The summed E-state index contributed by atoms with van der Waals surface area (Å²) in [5.74, 6) is 0.133. The molecule has 10 heavy (non-hydrogen) atoms. The number of benzene rings is 1. The van der Waals surface area contributed by atoms with Gasteiger partial charge in [0.05, 0.1) is 0 Å². The molecule has 0 bridgehead atoms. The molecule has 0 atom stereocenters. The zero-order valence-corrected chi connectivity index (χ0v) is 5.06. The number of hydrogen-bond acceptors (Lipinski definition) is 2. The molecule has 0 unspecified atom stereocenters. The molecule has 1 aromatic rings. The van der Waals surface area contributed by atoms with Crippen molar-refractivity contribution in [2.75, 3.05) is 6.79 Å². The van der Waals surface area contributed by atoms with Gasteiger partial charge in [-0.05, 0) is 12.1 Å². The SMILES string of the molecule is Fc1[c]ccc2c1OCO2. The standard InChI is InChI=1S/C7H4FO2/c8-5-2-1-3-6-7(5)10-4-9-6/h1,3H,4H2. The van der Waals surface area contributed by atoms with Crippen molar-refractivity contribution in [1.29, 1.82) is 0 Å². The lowest BCUT2D eigenvalue weighted by Crippen LogP contribution is -1.93. The monoisotopic (exact) mass is 139 g/mol. The molecule has 2 rings (SSSR count). The molecule has 1 aliphatic heterocycles. The van der Waals surface area contributed by atoms with E-state index in [2.05, 4.69) is 6.07 Å². The lowest BCUT2D eigenvalue weighted by molar-refractivity contribution is 0.171. The largest absolute Gasteiger partial charge is 0.453 e. The minimum atomic E-state index is -0.491. The molecule has 1 aromatic carbocycles. The van der Waals surface area contributed by atoms with E-state index in [1.54, 1.807) is 6.07 Å². The van der Waals surface area contributed by atoms with E-state index in [-0.39, 0.29) is 12.5 Å². The van der Waals surface area contributed by atoms with Crippen LogP contribution in [-0.4, -0.2) is 6.79 Å². The van der Waals surface area contributed by atoms with Gasteiger partial charge in [-0.1, -0.05) is 0 Å². The first-order valence-electron chi connectivity index (χ1n) is 2.84.